The monoisotopic (exact) mass is 928 g/mol. The Hall–Kier alpha value is -5.84. The van der Waals surface area contributed by atoms with Crippen LogP contribution in [-0.4, -0.2) is 44.6 Å². The average Bonchev–Trinajstić information content (AvgIpc) is 3.84. The first-order valence-electron chi connectivity index (χ1n) is 22.1. The zero-order valence-electron chi connectivity index (χ0n) is 36.4. The van der Waals surface area contributed by atoms with Crippen LogP contribution in [0.3, 0.4) is 0 Å². The fourth-order valence-corrected chi connectivity index (χ4v) is 15.2. The van der Waals surface area contributed by atoms with Gasteiger partial charge in [-0.1, -0.05) is 146 Å². The van der Waals surface area contributed by atoms with Gasteiger partial charge in [0.15, 0.2) is 0 Å². The summed E-state index contributed by atoms with van der Waals surface area (Å²) in [6.07, 6.45) is 3.46. The lowest BCUT2D eigenvalue weighted by atomic mass is 9.69. The quantitative estimate of drug-likeness (QED) is 0.0519. The number of allylic oxidation sites excluding steroid dienone is 1. The first kappa shape index (κ1) is 43.4. The molecular weight excluding hydrogens is 877 g/mol. The molecule has 324 valence electrons. The van der Waals surface area contributed by atoms with E-state index in [1.165, 1.54) is 15.3 Å². The summed E-state index contributed by atoms with van der Waals surface area (Å²) < 4.78 is 15.3. The van der Waals surface area contributed by atoms with Crippen LogP contribution in [0.4, 0.5) is 17.1 Å². The molecule has 2 N–H and O–H groups in total. The summed E-state index contributed by atoms with van der Waals surface area (Å²) in [5.74, 6) is -1.51. The van der Waals surface area contributed by atoms with E-state index < -0.39 is 20.2 Å². The van der Waals surface area contributed by atoms with Crippen molar-refractivity contribution in [3.8, 4) is 5.75 Å². The van der Waals surface area contributed by atoms with E-state index in [0.29, 0.717) is 38.2 Å². The molecule has 2 amide bonds. The van der Waals surface area contributed by atoms with Crippen molar-refractivity contribution in [1.29, 1.82) is 0 Å². The number of hydrogen-bond donors (Lipinski definition) is 2. The minimum atomic E-state index is -2.98. The number of anilines is 3. The van der Waals surface area contributed by atoms with Gasteiger partial charge in [0.1, 0.15) is 5.75 Å². The van der Waals surface area contributed by atoms with Crippen molar-refractivity contribution >= 4 is 75.1 Å². The van der Waals surface area contributed by atoms with Crippen LogP contribution in [0, 0.1) is 17.8 Å². The number of imide groups is 1. The molecule has 0 aromatic heterocycles. The van der Waals surface area contributed by atoms with Gasteiger partial charge >= 0.3 is 0 Å². The average molecular weight is 930 g/mol. The van der Waals surface area contributed by atoms with Crippen LogP contribution < -0.4 is 20.6 Å². The number of carbonyl (C=O) groups is 2. The van der Waals surface area contributed by atoms with Crippen LogP contribution in [0.25, 0.3) is 11.6 Å². The Bertz CT molecular complexity index is 2650. The Morgan fingerprint density at radius 2 is 1.38 bits per heavy atom. The predicted octanol–water partition coefficient (Wildman–Crippen LogP) is 11.3. The van der Waals surface area contributed by atoms with E-state index in [1.54, 1.807) is 6.07 Å². The van der Waals surface area contributed by atoms with Gasteiger partial charge in [0.05, 0.1) is 36.8 Å². The molecule has 9 heteroatoms. The molecule has 9 rings (SSSR count). The molecule has 6 aromatic rings. The molecule has 6 aromatic carbocycles. The summed E-state index contributed by atoms with van der Waals surface area (Å²) in [4.78, 5) is 30.9. The lowest BCUT2D eigenvalue weighted by Crippen LogP contribution is -2.66. The molecule has 0 saturated carbocycles. The smallest absolute Gasteiger partial charge is 0.261 e. The maximum atomic E-state index is 14.8. The highest BCUT2D eigenvalue weighted by Crippen LogP contribution is 2.51. The molecule has 2 heterocycles. The topological polar surface area (TPSA) is 88.1 Å². The normalized spacial score (nSPS) is 20.1. The molecule has 3 aliphatic rings. The Morgan fingerprint density at radius 3 is 2.00 bits per heavy atom. The van der Waals surface area contributed by atoms with E-state index in [9.17, 15) is 14.7 Å². The molecule has 0 bridgehead atoms. The van der Waals surface area contributed by atoms with Crippen molar-refractivity contribution in [2.45, 2.75) is 51.2 Å². The predicted molar refractivity (Wildman–Crippen MR) is 263 cm³/mol. The first-order chi connectivity index (χ1) is 31.0. The SMILES string of the molecule is CC(C)(C)[Si](OCC1=C2[C@@H](CC/C(=C/c3cc(Br)ccc3O)c3ccccc3)OC[C@@H]2[C@@H]2C(=O)N(c3ccc(Nc4ccccc4)cc3)C(=O)[C@@H]2C1)(c1ccccc1)c1ccccc1. The van der Waals surface area contributed by atoms with Crippen molar-refractivity contribution in [3.05, 3.63) is 191 Å². The Kier molecular flexibility index (Phi) is 12.4. The molecule has 1 aliphatic carbocycles. The lowest BCUT2D eigenvalue weighted by molar-refractivity contribution is -0.122. The maximum absolute atomic E-state index is 14.8. The number of ether oxygens (including phenoxy) is 1. The molecule has 2 aliphatic heterocycles. The third-order valence-corrected chi connectivity index (χ3v) is 18.7. The summed E-state index contributed by atoms with van der Waals surface area (Å²) >= 11 is 3.58. The highest BCUT2D eigenvalue weighted by atomic mass is 79.9. The number of aromatic hydroxyl groups is 1. The number of phenols is 1. The van der Waals surface area contributed by atoms with Gasteiger partial charge in [-0.25, -0.2) is 0 Å². The second-order valence-electron chi connectivity index (χ2n) is 18.1. The fraction of sp³-hybridized carbons (Fsp3) is 0.236. The summed E-state index contributed by atoms with van der Waals surface area (Å²) in [6, 6.07) is 54.4. The zero-order chi connectivity index (χ0) is 44.4. The summed E-state index contributed by atoms with van der Waals surface area (Å²) in [7, 11) is -2.98. The fourth-order valence-electron chi connectivity index (χ4n) is 10.3. The number of nitrogens with one attached hydrogen (secondary N) is 1. The van der Waals surface area contributed by atoms with Crippen LogP contribution >= 0.6 is 15.9 Å². The van der Waals surface area contributed by atoms with Crippen LogP contribution in [0.1, 0.15) is 51.2 Å². The number of amides is 2. The van der Waals surface area contributed by atoms with Crippen molar-refractivity contribution < 1.29 is 23.9 Å². The molecule has 2 saturated heterocycles. The summed E-state index contributed by atoms with van der Waals surface area (Å²) in [6.45, 7) is 7.48. The van der Waals surface area contributed by atoms with Crippen LogP contribution in [0.2, 0.25) is 5.04 Å². The van der Waals surface area contributed by atoms with Crippen molar-refractivity contribution in [3.63, 3.8) is 0 Å². The van der Waals surface area contributed by atoms with Crippen molar-refractivity contribution in [2.24, 2.45) is 17.8 Å². The number of rotatable bonds is 13. The van der Waals surface area contributed by atoms with Gasteiger partial charge in [-0.15, -0.1) is 0 Å². The number of fused-ring (bicyclic) bond motifs is 3. The number of carbonyl (C=O) groups excluding carboxylic acids is 2. The highest BCUT2D eigenvalue weighted by Gasteiger charge is 2.58. The highest BCUT2D eigenvalue weighted by molar-refractivity contribution is 9.10. The van der Waals surface area contributed by atoms with Gasteiger partial charge in [0, 0.05) is 27.3 Å². The molecular formula is C55H53BrN2O5Si. The van der Waals surface area contributed by atoms with E-state index in [1.807, 2.05) is 97.1 Å². The Morgan fingerprint density at radius 1 is 0.781 bits per heavy atom. The second kappa shape index (κ2) is 18.3. The van der Waals surface area contributed by atoms with Crippen LogP contribution in [0.15, 0.2) is 179 Å². The largest absolute Gasteiger partial charge is 0.507 e. The van der Waals surface area contributed by atoms with E-state index in [-0.39, 0.29) is 34.6 Å². The molecule has 2 fully saturated rings. The number of benzene rings is 6. The van der Waals surface area contributed by atoms with Crippen LogP contribution in [0.5, 0.6) is 5.75 Å². The number of phenolic OH excluding ortho intramolecular Hbond substituents is 1. The first-order valence-corrected chi connectivity index (χ1v) is 24.8. The summed E-state index contributed by atoms with van der Waals surface area (Å²) in [5.41, 5.74) is 7.38. The minimum Gasteiger partial charge on any atom is -0.507 e. The van der Waals surface area contributed by atoms with Gasteiger partial charge in [0.25, 0.3) is 8.32 Å². The van der Waals surface area contributed by atoms with E-state index in [2.05, 4.69) is 109 Å². The lowest BCUT2D eigenvalue weighted by Gasteiger charge is -2.44. The number of hydrogen-bond acceptors (Lipinski definition) is 6. The van der Waals surface area contributed by atoms with Gasteiger partial charge in [-0.05, 0) is 118 Å². The standard InChI is InChI=1S/C55H53BrN2O5Si/c1-55(2,3)64(45-20-12-6-13-21-45,46-22-14-7-15-23-46)63-35-40-34-47-52(54(61)58(53(47)60)44-28-26-43(27-29-44)57-42-18-10-5-11-19-42)48-36-62-50(51(40)48)31-24-38(37-16-8-4-9-17-37)32-39-33-41(56)25-30-49(39)59/h4-23,25-30,32-33,47-48,50,52,57,59H,24,31,34-36H2,1-3H3/b38-32-/t47-,48+,50-,52-/m1/s1. The molecule has 0 radical (unpaired) electrons. The summed E-state index contributed by atoms with van der Waals surface area (Å²) in [5, 5.41) is 16.4. The molecule has 7 nitrogen and oxygen atoms in total. The van der Waals surface area contributed by atoms with Gasteiger partial charge in [0.2, 0.25) is 11.8 Å². The molecule has 0 unspecified atom stereocenters. The Labute approximate surface area is 385 Å². The van der Waals surface area contributed by atoms with Gasteiger partial charge < -0.3 is 19.6 Å². The van der Waals surface area contributed by atoms with Crippen molar-refractivity contribution in [2.75, 3.05) is 23.4 Å². The van der Waals surface area contributed by atoms with Gasteiger partial charge in [-0.2, -0.15) is 0 Å². The molecule has 64 heavy (non-hydrogen) atoms. The minimum absolute atomic E-state index is 0.174. The number of para-hydroxylation sites is 1. The third kappa shape index (κ3) is 8.45. The number of nitrogens with zero attached hydrogens (tertiary/aromatic N) is 1. The zero-order valence-corrected chi connectivity index (χ0v) is 39.0. The Balaban J connectivity index is 1.08. The van der Waals surface area contributed by atoms with Gasteiger partial charge in [-0.3, -0.25) is 14.5 Å². The molecule has 0 spiro atoms. The molecule has 4 atom stereocenters. The second-order valence-corrected chi connectivity index (χ2v) is 23.3. The van der Waals surface area contributed by atoms with E-state index in [0.717, 1.165) is 43.7 Å². The van der Waals surface area contributed by atoms with E-state index >= 15 is 0 Å². The van der Waals surface area contributed by atoms with E-state index in [4.69, 9.17) is 9.16 Å². The maximum Gasteiger partial charge on any atom is 0.261 e. The van der Waals surface area contributed by atoms with Crippen molar-refractivity contribution in [1.82, 2.24) is 0 Å². The van der Waals surface area contributed by atoms with Crippen LogP contribution in [-0.2, 0) is 18.8 Å². The number of halogens is 1. The third-order valence-electron chi connectivity index (χ3n) is 13.2.